The Labute approximate surface area is 81.2 Å². The molecule has 1 aromatic heterocycles. The van der Waals surface area contributed by atoms with E-state index in [1.54, 1.807) is 13.8 Å². The minimum absolute atomic E-state index is 0.225. The number of carboxylic acids is 1. The molecule has 0 aliphatic heterocycles. The molecule has 0 aromatic carbocycles. The average molecular weight is 199 g/mol. The second-order valence-electron chi connectivity index (χ2n) is 3.45. The molecule has 1 aromatic rings. The Hall–Kier alpha value is -1.65. The van der Waals surface area contributed by atoms with Crippen LogP contribution in [-0.4, -0.2) is 25.9 Å². The van der Waals surface area contributed by atoms with Crippen molar-refractivity contribution in [1.29, 1.82) is 0 Å². The number of rotatable bonds is 3. The highest BCUT2D eigenvalue weighted by molar-refractivity contribution is 5.73. The highest BCUT2D eigenvalue weighted by atomic mass is 16.4. The molecule has 0 amide bonds. The van der Waals surface area contributed by atoms with Gasteiger partial charge in [0.2, 0.25) is 0 Å². The van der Waals surface area contributed by atoms with Crippen LogP contribution in [0, 0.1) is 5.92 Å². The molecule has 0 radical (unpaired) electrons. The highest BCUT2D eigenvalue weighted by Crippen LogP contribution is 2.30. The van der Waals surface area contributed by atoms with Gasteiger partial charge in [-0.1, -0.05) is 13.8 Å². The van der Waals surface area contributed by atoms with Crippen molar-refractivity contribution in [3.63, 3.8) is 0 Å². The molecular weight excluding hydrogens is 186 g/mol. The van der Waals surface area contributed by atoms with E-state index in [2.05, 4.69) is 0 Å². The van der Waals surface area contributed by atoms with Crippen LogP contribution in [0.5, 0.6) is 11.8 Å². The zero-order valence-corrected chi connectivity index (χ0v) is 8.01. The van der Waals surface area contributed by atoms with Crippen LogP contribution in [0.3, 0.4) is 0 Å². The number of aromatic hydroxyl groups is 2. The lowest BCUT2D eigenvalue weighted by molar-refractivity contribution is -0.142. The first-order valence-corrected chi connectivity index (χ1v) is 4.27. The quantitative estimate of drug-likeness (QED) is 0.682. The minimum atomic E-state index is -1.08. The van der Waals surface area contributed by atoms with Gasteiger partial charge in [0.25, 0.3) is 0 Å². The van der Waals surface area contributed by atoms with Crippen LogP contribution in [0.1, 0.15) is 19.9 Å². The summed E-state index contributed by atoms with van der Waals surface area (Å²) in [5.41, 5.74) is 0. The predicted octanol–water partition coefficient (Wildman–Crippen LogP) is 1.18. The van der Waals surface area contributed by atoms with Gasteiger partial charge in [-0.15, -0.1) is 0 Å². The molecule has 1 atom stereocenters. The third kappa shape index (κ3) is 1.66. The van der Waals surface area contributed by atoms with Gasteiger partial charge in [-0.05, 0) is 5.92 Å². The summed E-state index contributed by atoms with van der Waals surface area (Å²) in [6, 6.07) is 1.56. The fourth-order valence-corrected chi connectivity index (χ4v) is 1.41. The van der Waals surface area contributed by atoms with E-state index in [1.165, 1.54) is 12.1 Å². The topological polar surface area (TPSA) is 82.7 Å². The Morgan fingerprint density at radius 2 is 1.71 bits per heavy atom. The summed E-state index contributed by atoms with van der Waals surface area (Å²) < 4.78 is 0.993. The van der Waals surface area contributed by atoms with E-state index in [9.17, 15) is 15.0 Å². The Balaban J connectivity index is 3.17. The number of aromatic nitrogens is 1. The molecule has 14 heavy (non-hydrogen) atoms. The summed E-state index contributed by atoms with van der Waals surface area (Å²) in [5.74, 6) is -1.80. The SMILES string of the molecule is CC(C)C(C(=O)O)n1c(O)ccc1O. The van der Waals surface area contributed by atoms with Crippen molar-refractivity contribution in [2.24, 2.45) is 5.92 Å². The number of nitrogens with zero attached hydrogens (tertiary/aromatic N) is 1. The largest absolute Gasteiger partial charge is 0.494 e. The van der Waals surface area contributed by atoms with E-state index in [1.807, 2.05) is 0 Å². The van der Waals surface area contributed by atoms with Gasteiger partial charge in [0.05, 0.1) is 0 Å². The molecular formula is C9H13NO4. The fraction of sp³-hybridized carbons (Fsp3) is 0.444. The number of hydrogen-bond acceptors (Lipinski definition) is 3. The summed E-state index contributed by atoms with van der Waals surface area (Å²) in [5, 5.41) is 27.6. The van der Waals surface area contributed by atoms with Gasteiger partial charge in [0, 0.05) is 12.1 Å². The van der Waals surface area contributed by atoms with E-state index < -0.39 is 12.0 Å². The zero-order chi connectivity index (χ0) is 10.9. The first-order valence-electron chi connectivity index (χ1n) is 4.27. The second kappa shape index (κ2) is 3.61. The Morgan fingerprint density at radius 3 is 2.00 bits per heavy atom. The maximum atomic E-state index is 10.9. The van der Waals surface area contributed by atoms with Crippen molar-refractivity contribution >= 4 is 5.97 Å². The van der Waals surface area contributed by atoms with Crippen LogP contribution in [0.4, 0.5) is 0 Å². The van der Waals surface area contributed by atoms with Crippen molar-refractivity contribution in [1.82, 2.24) is 4.57 Å². The van der Waals surface area contributed by atoms with Crippen molar-refractivity contribution in [3.8, 4) is 11.8 Å². The van der Waals surface area contributed by atoms with E-state index in [0.29, 0.717) is 0 Å². The van der Waals surface area contributed by atoms with Gasteiger partial charge < -0.3 is 15.3 Å². The van der Waals surface area contributed by atoms with Crippen LogP contribution in [-0.2, 0) is 4.79 Å². The van der Waals surface area contributed by atoms with Gasteiger partial charge in [0.1, 0.15) is 6.04 Å². The molecule has 0 bridgehead atoms. The monoisotopic (exact) mass is 199 g/mol. The molecule has 0 fully saturated rings. The number of hydrogen-bond donors (Lipinski definition) is 3. The number of carboxylic acid groups (broad SMARTS) is 1. The highest BCUT2D eigenvalue weighted by Gasteiger charge is 2.27. The maximum Gasteiger partial charge on any atom is 0.327 e. The summed E-state index contributed by atoms with van der Waals surface area (Å²) in [7, 11) is 0. The maximum absolute atomic E-state index is 10.9. The second-order valence-corrected chi connectivity index (χ2v) is 3.45. The molecule has 0 spiro atoms. The van der Waals surface area contributed by atoms with E-state index in [0.717, 1.165) is 4.57 Å². The van der Waals surface area contributed by atoms with E-state index in [4.69, 9.17) is 5.11 Å². The molecule has 5 nitrogen and oxygen atoms in total. The molecule has 0 aliphatic rings. The van der Waals surface area contributed by atoms with Crippen LogP contribution in [0.25, 0.3) is 0 Å². The molecule has 3 N–H and O–H groups in total. The lowest BCUT2D eigenvalue weighted by Gasteiger charge is -2.19. The lowest BCUT2D eigenvalue weighted by atomic mass is 10.0. The van der Waals surface area contributed by atoms with Crippen molar-refractivity contribution < 1.29 is 20.1 Å². The third-order valence-electron chi connectivity index (χ3n) is 2.04. The van der Waals surface area contributed by atoms with Gasteiger partial charge in [-0.25, -0.2) is 4.79 Å². The Kier molecular flexibility index (Phi) is 2.69. The van der Waals surface area contributed by atoms with Crippen molar-refractivity contribution in [3.05, 3.63) is 12.1 Å². The van der Waals surface area contributed by atoms with Gasteiger partial charge in [0.15, 0.2) is 11.8 Å². The summed E-state index contributed by atoms with van der Waals surface area (Å²) in [6.45, 7) is 3.41. The van der Waals surface area contributed by atoms with Gasteiger partial charge in [-0.3, -0.25) is 4.57 Å². The number of carbonyl (C=O) groups is 1. The molecule has 0 saturated carbocycles. The molecule has 78 valence electrons. The minimum Gasteiger partial charge on any atom is -0.494 e. The summed E-state index contributed by atoms with van der Waals surface area (Å²) in [6.07, 6.45) is 0. The lowest BCUT2D eigenvalue weighted by Crippen LogP contribution is -2.23. The first-order chi connectivity index (χ1) is 6.45. The summed E-state index contributed by atoms with van der Waals surface area (Å²) >= 11 is 0. The molecule has 5 heteroatoms. The Morgan fingerprint density at radius 1 is 1.29 bits per heavy atom. The molecule has 1 rings (SSSR count). The third-order valence-corrected chi connectivity index (χ3v) is 2.04. The Bertz CT molecular complexity index is 323. The molecule has 1 unspecified atom stereocenters. The standard InChI is InChI=1S/C9H13NO4/c1-5(2)8(9(13)14)10-6(11)3-4-7(10)12/h3-5,8,11-12H,1-2H3,(H,13,14). The molecule has 0 aliphatic carbocycles. The van der Waals surface area contributed by atoms with E-state index >= 15 is 0 Å². The fourth-order valence-electron chi connectivity index (χ4n) is 1.41. The average Bonchev–Trinajstić information content (AvgIpc) is 2.34. The van der Waals surface area contributed by atoms with Crippen LogP contribution in [0.15, 0.2) is 12.1 Å². The van der Waals surface area contributed by atoms with Crippen LogP contribution >= 0.6 is 0 Å². The number of aliphatic carboxylic acids is 1. The smallest absolute Gasteiger partial charge is 0.327 e. The van der Waals surface area contributed by atoms with Crippen molar-refractivity contribution in [2.45, 2.75) is 19.9 Å². The van der Waals surface area contributed by atoms with Gasteiger partial charge >= 0.3 is 5.97 Å². The molecule has 0 saturated heterocycles. The summed E-state index contributed by atoms with van der Waals surface area (Å²) in [4.78, 5) is 10.9. The van der Waals surface area contributed by atoms with E-state index in [-0.39, 0.29) is 17.7 Å². The normalized spacial score (nSPS) is 13.1. The predicted molar refractivity (Wildman–Crippen MR) is 49.3 cm³/mol. The van der Waals surface area contributed by atoms with Crippen LogP contribution in [0.2, 0.25) is 0 Å². The van der Waals surface area contributed by atoms with Crippen LogP contribution < -0.4 is 0 Å². The van der Waals surface area contributed by atoms with Gasteiger partial charge in [-0.2, -0.15) is 0 Å². The first kappa shape index (κ1) is 10.4. The van der Waals surface area contributed by atoms with Crippen molar-refractivity contribution in [2.75, 3.05) is 0 Å². The zero-order valence-electron chi connectivity index (χ0n) is 8.01. The molecule has 1 heterocycles.